The number of hydrogen-bond acceptors (Lipinski definition) is 7. The van der Waals surface area contributed by atoms with E-state index in [-0.39, 0.29) is 23.2 Å². The minimum Gasteiger partial charge on any atom is -0.490 e. The Hall–Kier alpha value is -3.72. The van der Waals surface area contributed by atoms with Crippen LogP contribution in [0.15, 0.2) is 77.7 Å². The van der Waals surface area contributed by atoms with Gasteiger partial charge in [0.2, 0.25) is 0 Å². The topological polar surface area (TPSA) is 105 Å². The standard InChI is InChI=1S/C28H32N2O6S/c1-30-19-24(36-27-10-3-2-9-26(27)30)20-35-23-11-13-25(14-12-23)37(33,34)16-5-4-15-29-22-8-6-7-21(17-22)18-28(31)32/h2-3,6-14,17,24,29H,4-5,15-16,18-20H2,1H3,(H,31,32)/t24-/m0/s1. The van der Waals surface area contributed by atoms with Crippen LogP contribution in [0, 0.1) is 0 Å². The fourth-order valence-corrected chi connectivity index (χ4v) is 5.62. The number of nitrogens with one attached hydrogen (secondary N) is 1. The summed E-state index contributed by atoms with van der Waals surface area (Å²) >= 11 is 0. The lowest BCUT2D eigenvalue weighted by molar-refractivity contribution is -0.136. The van der Waals surface area contributed by atoms with Gasteiger partial charge in [-0.25, -0.2) is 8.42 Å². The van der Waals surface area contributed by atoms with Crippen molar-refractivity contribution in [3.05, 3.63) is 78.4 Å². The van der Waals surface area contributed by atoms with Gasteiger partial charge in [0, 0.05) is 19.3 Å². The molecule has 2 N–H and O–H groups in total. The van der Waals surface area contributed by atoms with E-state index < -0.39 is 15.8 Å². The van der Waals surface area contributed by atoms with Gasteiger partial charge in [0.05, 0.1) is 29.3 Å². The third-order valence-corrected chi connectivity index (χ3v) is 7.93. The summed E-state index contributed by atoms with van der Waals surface area (Å²) in [6.45, 7) is 1.66. The smallest absolute Gasteiger partial charge is 0.307 e. The first-order chi connectivity index (χ1) is 17.8. The first-order valence-corrected chi connectivity index (χ1v) is 13.9. The number of hydrogen-bond donors (Lipinski definition) is 2. The van der Waals surface area contributed by atoms with Gasteiger partial charge in [0.15, 0.2) is 9.84 Å². The first-order valence-electron chi connectivity index (χ1n) is 12.3. The van der Waals surface area contributed by atoms with E-state index in [4.69, 9.17) is 14.6 Å². The molecule has 0 unspecified atom stereocenters. The molecule has 1 atom stereocenters. The van der Waals surface area contributed by atoms with Gasteiger partial charge in [-0.3, -0.25) is 4.79 Å². The van der Waals surface area contributed by atoms with Crippen LogP contribution < -0.4 is 19.7 Å². The number of rotatable bonds is 12. The summed E-state index contributed by atoms with van der Waals surface area (Å²) in [6, 6.07) is 21.6. The molecule has 0 saturated carbocycles. The second kappa shape index (κ2) is 12.0. The van der Waals surface area contributed by atoms with Gasteiger partial charge in [-0.1, -0.05) is 24.3 Å². The van der Waals surface area contributed by atoms with Gasteiger partial charge in [0.1, 0.15) is 24.2 Å². The van der Waals surface area contributed by atoms with E-state index >= 15 is 0 Å². The summed E-state index contributed by atoms with van der Waals surface area (Å²) < 4.78 is 37.4. The van der Waals surface area contributed by atoms with Gasteiger partial charge in [-0.05, 0) is 66.9 Å². The highest BCUT2D eigenvalue weighted by molar-refractivity contribution is 7.91. The molecule has 9 heteroatoms. The third-order valence-electron chi connectivity index (χ3n) is 6.12. The van der Waals surface area contributed by atoms with Crippen molar-refractivity contribution < 1.29 is 27.8 Å². The van der Waals surface area contributed by atoms with Crippen molar-refractivity contribution in [3.63, 3.8) is 0 Å². The van der Waals surface area contributed by atoms with Crippen molar-refractivity contribution in [3.8, 4) is 11.5 Å². The highest BCUT2D eigenvalue weighted by Crippen LogP contribution is 2.32. The van der Waals surface area contributed by atoms with Crippen LogP contribution in [0.3, 0.4) is 0 Å². The Balaban J connectivity index is 1.20. The minimum atomic E-state index is -3.40. The number of para-hydroxylation sites is 2. The van der Waals surface area contributed by atoms with Crippen LogP contribution in [0.2, 0.25) is 0 Å². The molecule has 0 bridgehead atoms. The van der Waals surface area contributed by atoms with Gasteiger partial charge in [0.25, 0.3) is 0 Å². The summed E-state index contributed by atoms with van der Waals surface area (Å²) in [5, 5.41) is 12.1. The number of fused-ring (bicyclic) bond motifs is 1. The number of carbonyl (C=O) groups is 1. The summed E-state index contributed by atoms with van der Waals surface area (Å²) in [6.07, 6.45) is 1.02. The molecule has 3 aromatic rings. The Labute approximate surface area is 217 Å². The van der Waals surface area contributed by atoms with E-state index in [0.29, 0.717) is 38.3 Å². The van der Waals surface area contributed by atoms with E-state index in [1.54, 1.807) is 42.5 Å². The number of ether oxygens (including phenoxy) is 2. The Kier molecular flexibility index (Phi) is 8.55. The minimum absolute atomic E-state index is 0.0299. The van der Waals surface area contributed by atoms with Gasteiger partial charge < -0.3 is 24.8 Å². The average Bonchev–Trinajstić information content (AvgIpc) is 2.87. The summed E-state index contributed by atoms with van der Waals surface area (Å²) in [5.41, 5.74) is 2.59. The lowest BCUT2D eigenvalue weighted by atomic mass is 10.1. The normalized spacial score (nSPS) is 14.9. The quantitative estimate of drug-likeness (QED) is 0.339. The van der Waals surface area contributed by atoms with E-state index in [2.05, 4.69) is 10.2 Å². The average molecular weight is 525 g/mol. The Morgan fingerprint density at radius 2 is 1.86 bits per heavy atom. The van der Waals surface area contributed by atoms with Crippen LogP contribution in [-0.4, -0.2) is 58.1 Å². The molecular weight excluding hydrogens is 492 g/mol. The number of aliphatic carboxylic acids is 1. The number of benzene rings is 3. The van der Waals surface area contributed by atoms with Crippen molar-refractivity contribution in [2.75, 3.05) is 42.7 Å². The molecular formula is C28H32N2O6S. The van der Waals surface area contributed by atoms with Crippen molar-refractivity contribution in [2.45, 2.75) is 30.3 Å². The molecule has 0 spiro atoms. The number of sulfone groups is 1. The maximum absolute atomic E-state index is 12.7. The van der Waals surface area contributed by atoms with E-state index in [0.717, 1.165) is 22.7 Å². The molecule has 1 heterocycles. The number of carboxylic acids is 1. The van der Waals surface area contributed by atoms with Gasteiger partial charge >= 0.3 is 5.97 Å². The molecule has 0 aromatic heterocycles. The van der Waals surface area contributed by atoms with E-state index in [1.807, 2.05) is 37.4 Å². The SMILES string of the molecule is CN1C[C@@H](COc2ccc(S(=O)(=O)CCCCNc3cccc(CC(=O)O)c3)cc2)Oc2ccccc21. The monoisotopic (exact) mass is 524 g/mol. The molecule has 0 saturated heterocycles. The molecule has 4 rings (SSSR count). The first kappa shape index (κ1) is 26.3. The fraction of sp³-hybridized carbons (Fsp3) is 0.321. The third kappa shape index (κ3) is 7.39. The number of unbranched alkanes of at least 4 members (excludes halogenated alkanes) is 1. The van der Waals surface area contributed by atoms with Crippen LogP contribution in [0.1, 0.15) is 18.4 Å². The van der Waals surface area contributed by atoms with Crippen LogP contribution in [-0.2, 0) is 21.1 Å². The van der Waals surface area contributed by atoms with Gasteiger partial charge in [-0.2, -0.15) is 0 Å². The van der Waals surface area contributed by atoms with Crippen molar-refractivity contribution in [2.24, 2.45) is 0 Å². The largest absolute Gasteiger partial charge is 0.490 e. The molecule has 1 aliphatic rings. The second-order valence-electron chi connectivity index (χ2n) is 9.09. The summed E-state index contributed by atoms with van der Waals surface area (Å²) in [5.74, 6) is 0.598. The number of carboxylic acid groups (broad SMARTS) is 1. The molecule has 0 aliphatic carbocycles. The lowest BCUT2D eigenvalue weighted by Crippen LogP contribution is -2.41. The van der Waals surface area contributed by atoms with Crippen molar-refractivity contribution in [1.29, 1.82) is 0 Å². The molecule has 196 valence electrons. The van der Waals surface area contributed by atoms with Gasteiger partial charge in [-0.15, -0.1) is 0 Å². The maximum atomic E-state index is 12.7. The Bertz CT molecular complexity index is 1310. The second-order valence-corrected chi connectivity index (χ2v) is 11.2. The molecule has 37 heavy (non-hydrogen) atoms. The molecule has 8 nitrogen and oxygen atoms in total. The van der Waals surface area contributed by atoms with Crippen molar-refractivity contribution in [1.82, 2.24) is 0 Å². The van der Waals surface area contributed by atoms with Crippen LogP contribution in [0.25, 0.3) is 0 Å². The highest BCUT2D eigenvalue weighted by Gasteiger charge is 2.23. The zero-order chi connectivity index (χ0) is 26.3. The van der Waals surface area contributed by atoms with E-state index in [1.165, 1.54) is 0 Å². The number of anilines is 2. The molecule has 3 aromatic carbocycles. The number of nitrogens with zero attached hydrogens (tertiary/aromatic N) is 1. The highest BCUT2D eigenvalue weighted by atomic mass is 32.2. The molecule has 0 amide bonds. The zero-order valence-electron chi connectivity index (χ0n) is 20.8. The van der Waals surface area contributed by atoms with Crippen LogP contribution in [0.4, 0.5) is 11.4 Å². The number of likely N-dealkylation sites (N-methyl/N-ethyl adjacent to an activating group) is 1. The zero-order valence-corrected chi connectivity index (χ0v) is 21.6. The molecule has 1 aliphatic heterocycles. The molecule has 0 radical (unpaired) electrons. The lowest BCUT2D eigenvalue weighted by Gasteiger charge is -2.33. The molecule has 0 fully saturated rings. The summed E-state index contributed by atoms with van der Waals surface area (Å²) in [4.78, 5) is 13.3. The summed E-state index contributed by atoms with van der Waals surface area (Å²) in [7, 11) is -1.38. The fourth-order valence-electron chi connectivity index (χ4n) is 4.25. The predicted octanol–water partition coefficient (Wildman–Crippen LogP) is 4.26. The Morgan fingerprint density at radius 1 is 1.08 bits per heavy atom. The van der Waals surface area contributed by atoms with Crippen LogP contribution >= 0.6 is 0 Å². The van der Waals surface area contributed by atoms with Crippen molar-refractivity contribution >= 4 is 27.2 Å². The van der Waals surface area contributed by atoms with E-state index in [9.17, 15) is 13.2 Å². The Morgan fingerprint density at radius 3 is 2.65 bits per heavy atom. The van der Waals surface area contributed by atoms with Crippen LogP contribution in [0.5, 0.6) is 11.5 Å². The predicted molar refractivity (Wildman–Crippen MR) is 144 cm³/mol. The maximum Gasteiger partial charge on any atom is 0.307 e.